The molecule has 140 valence electrons. The van der Waals surface area contributed by atoms with Gasteiger partial charge in [-0.25, -0.2) is 15.0 Å². The molecule has 6 nitrogen and oxygen atoms in total. The quantitative estimate of drug-likeness (QED) is 0.531. The van der Waals surface area contributed by atoms with Crippen LogP contribution < -0.4 is 5.32 Å². The van der Waals surface area contributed by atoms with Gasteiger partial charge in [-0.3, -0.25) is 4.98 Å². The van der Waals surface area contributed by atoms with Gasteiger partial charge in [0.05, 0.1) is 23.4 Å². The summed E-state index contributed by atoms with van der Waals surface area (Å²) < 4.78 is 2.15. The second-order valence-electron chi connectivity index (χ2n) is 6.41. The second-order valence-corrected chi connectivity index (χ2v) is 6.41. The van der Waals surface area contributed by atoms with Gasteiger partial charge < -0.3 is 9.88 Å². The van der Waals surface area contributed by atoms with E-state index in [4.69, 9.17) is 4.98 Å². The Morgan fingerprint density at radius 1 is 0.893 bits per heavy atom. The van der Waals surface area contributed by atoms with Crippen molar-refractivity contribution in [2.45, 2.75) is 19.9 Å². The highest BCUT2D eigenvalue weighted by molar-refractivity contribution is 5.77. The molecule has 0 spiro atoms. The first-order valence-corrected chi connectivity index (χ1v) is 9.41. The molecule has 3 heterocycles. The number of hydrogen-bond acceptors (Lipinski definition) is 5. The molecule has 0 radical (unpaired) electrons. The minimum atomic E-state index is 0.761. The van der Waals surface area contributed by atoms with Crippen LogP contribution >= 0.6 is 0 Å². The summed E-state index contributed by atoms with van der Waals surface area (Å²) in [4.78, 5) is 17.8. The van der Waals surface area contributed by atoms with Crippen molar-refractivity contribution in [3.05, 3.63) is 79.4 Å². The molecular formula is C22H22N6. The number of aromatic nitrogens is 5. The Morgan fingerprint density at radius 3 is 2.43 bits per heavy atom. The Bertz CT molecular complexity index is 1010. The zero-order chi connectivity index (χ0) is 19.2. The molecule has 0 saturated carbocycles. The van der Waals surface area contributed by atoms with Gasteiger partial charge in [0.15, 0.2) is 0 Å². The number of aryl methyl sites for hydroxylation is 1. The normalized spacial score (nSPS) is 10.8. The maximum atomic E-state index is 4.70. The minimum absolute atomic E-state index is 0.761. The van der Waals surface area contributed by atoms with Crippen molar-refractivity contribution in [3.8, 4) is 22.5 Å². The highest BCUT2D eigenvalue weighted by Crippen LogP contribution is 2.30. The highest BCUT2D eigenvalue weighted by Gasteiger charge is 2.15. The van der Waals surface area contributed by atoms with E-state index in [9.17, 15) is 0 Å². The predicted molar refractivity (Wildman–Crippen MR) is 111 cm³/mol. The van der Waals surface area contributed by atoms with Gasteiger partial charge in [0.25, 0.3) is 0 Å². The van der Waals surface area contributed by atoms with Gasteiger partial charge >= 0.3 is 0 Å². The first-order valence-electron chi connectivity index (χ1n) is 9.41. The van der Waals surface area contributed by atoms with Crippen LogP contribution in [0.5, 0.6) is 0 Å². The standard InChI is InChI=1S/C22H22N6/c1-2-20-25-13-18(14-26-20)22-21(17-7-4-3-5-8-17)27-16-28(22)12-11-24-19-9-6-10-23-15-19/h3-10,13-16,24H,2,11-12H2,1H3. The number of nitrogens with zero attached hydrogens (tertiary/aromatic N) is 5. The Balaban J connectivity index is 1.64. The number of benzene rings is 1. The van der Waals surface area contributed by atoms with Crippen LogP contribution in [0.2, 0.25) is 0 Å². The van der Waals surface area contributed by atoms with Crippen LogP contribution in [0.25, 0.3) is 22.5 Å². The number of pyridine rings is 1. The molecule has 1 N–H and O–H groups in total. The lowest BCUT2D eigenvalue weighted by Crippen LogP contribution is -2.11. The molecule has 0 fully saturated rings. The molecule has 0 amide bonds. The highest BCUT2D eigenvalue weighted by atomic mass is 15.1. The molecule has 0 atom stereocenters. The van der Waals surface area contributed by atoms with Crippen molar-refractivity contribution < 1.29 is 0 Å². The van der Waals surface area contributed by atoms with E-state index in [0.717, 1.165) is 53.5 Å². The first kappa shape index (κ1) is 17.9. The molecule has 0 saturated heterocycles. The van der Waals surface area contributed by atoms with Crippen molar-refractivity contribution in [3.63, 3.8) is 0 Å². The van der Waals surface area contributed by atoms with Crippen molar-refractivity contribution in [2.24, 2.45) is 0 Å². The topological polar surface area (TPSA) is 68.5 Å². The van der Waals surface area contributed by atoms with Gasteiger partial charge in [-0.05, 0) is 12.1 Å². The third kappa shape index (κ3) is 3.91. The van der Waals surface area contributed by atoms with E-state index in [1.54, 1.807) is 6.20 Å². The Kier molecular flexibility index (Phi) is 5.38. The lowest BCUT2D eigenvalue weighted by molar-refractivity contribution is 0.732. The van der Waals surface area contributed by atoms with E-state index >= 15 is 0 Å². The van der Waals surface area contributed by atoms with E-state index in [1.807, 2.05) is 55.2 Å². The van der Waals surface area contributed by atoms with Gasteiger partial charge in [-0.2, -0.15) is 0 Å². The molecule has 0 aliphatic heterocycles. The molecule has 1 aromatic carbocycles. The predicted octanol–water partition coefficient (Wildman–Crippen LogP) is 4.08. The fourth-order valence-electron chi connectivity index (χ4n) is 3.11. The molecule has 28 heavy (non-hydrogen) atoms. The van der Waals surface area contributed by atoms with E-state index in [0.29, 0.717) is 0 Å². The molecule has 0 bridgehead atoms. The third-order valence-corrected chi connectivity index (χ3v) is 4.52. The molecular weight excluding hydrogens is 348 g/mol. The lowest BCUT2D eigenvalue weighted by atomic mass is 10.1. The van der Waals surface area contributed by atoms with Crippen LogP contribution in [0.4, 0.5) is 5.69 Å². The average molecular weight is 370 g/mol. The first-order chi connectivity index (χ1) is 13.8. The van der Waals surface area contributed by atoms with Crippen LogP contribution in [0.15, 0.2) is 73.6 Å². The zero-order valence-corrected chi connectivity index (χ0v) is 15.8. The van der Waals surface area contributed by atoms with Crippen LogP contribution in [-0.2, 0) is 13.0 Å². The summed E-state index contributed by atoms with van der Waals surface area (Å²) in [6, 6.07) is 14.1. The van der Waals surface area contributed by atoms with Crippen LogP contribution in [-0.4, -0.2) is 31.0 Å². The van der Waals surface area contributed by atoms with E-state index < -0.39 is 0 Å². The summed E-state index contributed by atoms with van der Waals surface area (Å²) in [7, 11) is 0. The number of rotatable bonds is 7. The third-order valence-electron chi connectivity index (χ3n) is 4.52. The number of anilines is 1. The van der Waals surface area contributed by atoms with Crippen molar-refractivity contribution in [1.82, 2.24) is 24.5 Å². The lowest BCUT2D eigenvalue weighted by Gasteiger charge is -2.12. The van der Waals surface area contributed by atoms with Gasteiger partial charge in [-0.1, -0.05) is 37.3 Å². The minimum Gasteiger partial charge on any atom is -0.382 e. The zero-order valence-electron chi connectivity index (χ0n) is 15.8. The van der Waals surface area contributed by atoms with E-state index in [-0.39, 0.29) is 0 Å². The average Bonchev–Trinajstić information content (AvgIpc) is 3.19. The second kappa shape index (κ2) is 8.43. The Labute approximate surface area is 164 Å². The summed E-state index contributed by atoms with van der Waals surface area (Å²) in [5.74, 6) is 0.842. The van der Waals surface area contributed by atoms with Crippen molar-refractivity contribution >= 4 is 5.69 Å². The molecule has 0 aliphatic carbocycles. The SMILES string of the molecule is CCc1ncc(-c2c(-c3ccccc3)ncn2CCNc2cccnc2)cn1. The van der Waals surface area contributed by atoms with Gasteiger partial charge in [0, 0.05) is 55.4 Å². The Hall–Kier alpha value is -3.54. The summed E-state index contributed by atoms with van der Waals surface area (Å²) in [6.45, 7) is 3.58. The van der Waals surface area contributed by atoms with Gasteiger partial charge in [0.1, 0.15) is 5.82 Å². The molecule has 4 aromatic rings. The molecule has 4 rings (SSSR count). The van der Waals surface area contributed by atoms with Crippen molar-refractivity contribution in [2.75, 3.05) is 11.9 Å². The number of nitrogens with one attached hydrogen (secondary N) is 1. The summed E-state index contributed by atoms with van der Waals surface area (Å²) >= 11 is 0. The molecule has 0 aliphatic rings. The maximum Gasteiger partial charge on any atom is 0.127 e. The largest absolute Gasteiger partial charge is 0.382 e. The Morgan fingerprint density at radius 2 is 1.71 bits per heavy atom. The van der Waals surface area contributed by atoms with Gasteiger partial charge in [0.2, 0.25) is 0 Å². The monoisotopic (exact) mass is 370 g/mol. The van der Waals surface area contributed by atoms with E-state index in [1.165, 1.54) is 0 Å². The molecule has 3 aromatic heterocycles. The smallest absolute Gasteiger partial charge is 0.127 e. The maximum absolute atomic E-state index is 4.70. The summed E-state index contributed by atoms with van der Waals surface area (Å²) in [6.07, 6.45) is 10.1. The molecule has 6 heteroatoms. The van der Waals surface area contributed by atoms with Crippen molar-refractivity contribution in [1.29, 1.82) is 0 Å². The van der Waals surface area contributed by atoms with Crippen LogP contribution in [0.1, 0.15) is 12.7 Å². The summed E-state index contributed by atoms with van der Waals surface area (Å²) in [5.41, 5.74) is 5.02. The van der Waals surface area contributed by atoms with Crippen LogP contribution in [0.3, 0.4) is 0 Å². The fourth-order valence-corrected chi connectivity index (χ4v) is 3.11. The fraction of sp³-hybridized carbons (Fsp3) is 0.182. The van der Waals surface area contributed by atoms with E-state index in [2.05, 4.69) is 43.9 Å². The number of hydrogen-bond donors (Lipinski definition) is 1. The van der Waals surface area contributed by atoms with Crippen LogP contribution in [0, 0.1) is 0 Å². The molecule has 0 unspecified atom stereocenters. The number of imidazole rings is 1. The summed E-state index contributed by atoms with van der Waals surface area (Å²) in [5, 5.41) is 3.40. The van der Waals surface area contributed by atoms with Gasteiger partial charge in [-0.15, -0.1) is 0 Å².